The summed E-state index contributed by atoms with van der Waals surface area (Å²) in [4.78, 5) is 0.0308. The molecule has 90 valence electrons. The first-order chi connectivity index (χ1) is 7.88. The second-order valence-corrected chi connectivity index (χ2v) is 6.67. The Morgan fingerprint density at radius 1 is 0.882 bits per heavy atom. The van der Waals surface area contributed by atoms with E-state index in [4.69, 9.17) is 0 Å². The molecule has 0 atom stereocenters. The summed E-state index contributed by atoms with van der Waals surface area (Å²) in [6.07, 6.45) is 0. The van der Waals surface area contributed by atoms with Crippen LogP contribution in [-0.4, -0.2) is 13.3 Å². The Morgan fingerprint density at radius 3 is 2.06 bits per heavy atom. The van der Waals surface area contributed by atoms with Crippen LogP contribution in [0.25, 0.3) is 0 Å². The first-order valence-electron chi connectivity index (χ1n) is 5.17. The fraction of sp³-hybridized carbons (Fsp3) is 0.0769. The second-order valence-electron chi connectivity index (χ2n) is 3.99. The molecule has 4 heteroatoms. The van der Waals surface area contributed by atoms with Crippen molar-refractivity contribution in [2.75, 3.05) is 0 Å². The molecule has 3 nitrogen and oxygen atoms in total. The average Bonchev–Trinajstić information content (AvgIpc) is 2.30. The third kappa shape index (κ3) is 2.15. The van der Waals surface area contributed by atoms with Crippen LogP contribution in [0.1, 0.15) is 5.56 Å². The molecule has 0 aliphatic heterocycles. The highest BCUT2D eigenvalue weighted by Crippen LogP contribution is 2.37. The minimum Gasteiger partial charge on any atom is -0.301 e. The van der Waals surface area contributed by atoms with E-state index in [0.717, 1.165) is 5.56 Å². The summed E-state index contributed by atoms with van der Waals surface area (Å²) in [5.41, 5.74) is 0.820. The molecule has 0 aliphatic rings. The van der Waals surface area contributed by atoms with Gasteiger partial charge in [-0.25, -0.2) is 4.21 Å². The Labute approximate surface area is 100 Å². The van der Waals surface area contributed by atoms with Crippen LogP contribution in [0.2, 0.25) is 0 Å². The van der Waals surface area contributed by atoms with Gasteiger partial charge in [-0.05, 0) is 36.8 Å². The van der Waals surface area contributed by atoms with Crippen molar-refractivity contribution < 1.29 is 13.3 Å². The highest BCUT2D eigenvalue weighted by molar-refractivity contribution is 8.10. The molecule has 0 spiro atoms. The summed E-state index contributed by atoms with van der Waals surface area (Å²) in [6.45, 7) is 1.80. The first-order valence-corrected chi connectivity index (χ1v) is 7.05. The van der Waals surface area contributed by atoms with Crippen LogP contribution in [0.3, 0.4) is 0 Å². The van der Waals surface area contributed by atoms with Gasteiger partial charge in [-0.15, -0.1) is 0 Å². The molecule has 0 unspecified atom stereocenters. The third-order valence-corrected chi connectivity index (χ3v) is 4.81. The van der Waals surface area contributed by atoms with E-state index in [-0.39, 0.29) is 9.79 Å². The van der Waals surface area contributed by atoms with E-state index < -0.39 is 9.63 Å². The van der Waals surface area contributed by atoms with Crippen molar-refractivity contribution in [3.05, 3.63) is 60.2 Å². The fourth-order valence-corrected chi connectivity index (χ4v) is 3.29. The predicted octanol–water partition coefficient (Wildman–Crippen LogP) is 3.18. The van der Waals surface area contributed by atoms with E-state index >= 15 is 0 Å². The molecule has 17 heavy (non-hydrogen) atoms. The summed E-state index contributed by atoms with van der Waals surface area (Å²) >= 11 is 0. The van der Waals surface area contributed by atoms with Crippen molar-refractivity contribution in [3.8, 4) is 0 Å². The number of hydrogen-bond acceptors (Lipinski definition) is 1. The summed E-state index contributed by atoms with van der Waals surface area (Å²) in [7, 11) is -4.94. The van der Waals surface area contributed by atoms with E-state index in [9.17, 15) is 13.3 Å². The minimum absolute atomic E-state index is 0.00935. The van der Waals surface area contributed by atoms with E-state index in [1.165, 1.54) is 24.3 Å². The van der Waals surface area contributed by atoms with Crippen LogP contribution in [0, 0.1) is 6.92 Å². The molecule has 2 N–H and O–H groups in total. The monoisotopic (exact) mass is 250 g/mol. The van der Waals surface area contributed by atoms with Gasteiger partial charge in [0.1, 0.15) is 9.63 Å². The molecular weight excluding hydrogens is 236 g/mol. The van der Waals surface area contributed by atoms with E-state index in [1.807, 2.05) is 0 Å². The molecule has 0 radical (unpaired) electrons. The van der Waals surface area contributed by atoms with Crippen LogP contribution in [0.5, 0.6) is 0 Å². The maximum absolute atomic E-state index is 12.5. The Bertz CT molecular complexity index is 599. The van der Waals surface area contributed by atoms with E-state index in [1.54, 1.807) is 37.3 Å². The largest absolute Gasteiger partial charge is 0.301 e. The first kappa shape index (κ1) is 12.0. The Morgan fingerprint density at radius 2 is 1.47 bits per heavy atom. The molecule has 0 aromatic heterocycles. The zero-order valence-electron chi connectivity index (χ0n) is 9.41. The molecule has 0 heterocycles. The molecule has 2 rings (SSSR count). The topological polar surface area (TPSA) is 57.5 Å². The van der Waals surface area contributed by atoms with Crippen molar-refractivity contribution in [1.82, 2.24) is 0 Å². The Balaban J connectivity index is 2.67. The number of hydrogen-bond donors (Lipinski definition) is 2. The van der Waals surface area contributed by atoms with Crippen molar-refractivity contribution in [3.63, 3.8) is 0 Å². The van der Waals surface area contributed by atoms with Crippen LogP contribution >= 0.6 is 0 Å². The molecule has 2 aromatic rings. The van der Waals surface area contributed by atoms with Gasteiger partial charge in [0.2, 0.25) is 0 Å². The molecule has 0 saturated carbocycles. The standard InChI is InChI=1S/C13H14O3S/c1-11-6-5-9-13(10-11)17(14,15,16)12-7-3-2-4-8-12/h2-10H,1H3,(H2,14,15,16). The van der Waals surface area contributed by atoms with Crippen LogP contribution < -0.4 is 0 Å². The Kier molecular flexibility index (Phi) is 2.66. The van der Waals surface area contributed by atoms with Crippen molar-refractivity contribution >= 4 is 9.63 Å². The van der Waals surface area contributed by atoms with E-state index in [0.29, 0.717) is 0 Å². The lowest BCUT2D eigenvalue weighted by molar-refractivity contribution is 0.389. The normalized spacial score (nSPS) is 13.9. The predicted molar refractivity (Wildman–Crippen MR) is 67.6 cm³/mol. The highest BCUT2D eigenvalue weighted by atomic mass is 32.3. The SMILES string of the molecule is Cc1cccc(S(=O)(O)(O)c2ccccc2)c1. The fourth-order valence-electron chi connectivity index (χ4n) is 1.65. The maximum atomic E-state index is 12.5. The molecule has 0 amide bonds. The van der Waals surface area contributed by atoms with Crippen LogP contribution in [0.15, 0.2) is 64.4 Å². The smallest absolute Gasteiger partial charge is 0.135 e. The maximum Gasteiger partial charge on any atom is 0.135 e. The van der Waals surface area contributed by atoms with E-state index in [2.05, 4.69) is 0 Å². The molecular formula is C13H14O3S. The molecule has 0 fully saturated rings. The summed E-state index contributed by atoms with van der Waals surface area (Å²) in [5, 5.41) is 0. The van der Waals surface area contributed by atoms with Gasteiger partial charge in [0, 0.05) is 0 Å². The van der Waals surface area contributed by atoms with Gasteiger partial charge in [-0.1, -0.05) is 30.3 Å². The molecule has 0 saturated heterocycles. The van der Waals surface area contributed by atoms with Crippen molar-refractivity contribution in [2.24, 2.45) is 0 Å². The summed E-state index contributed by atoms with van der Waals surface area (Å²) in [6, 6.07) is 14.3. The zero-order chi connectivity index (χ0) is 12.5. The summed E-state index contributed by atoms with van der Waals surface area (Å²) in [5.74, 6) is 0. The molecule has 2 aromatic carbocycles. The number of benzene rings is 2. The minimum atomic E-state index is -4.94. The third-order valence-electron chi connectivity index (χ3n) is 2.58. The van der Waals surface area contributed by atoms with Gasteiger partial charge in [0.15, 0.2) is 0 Å². The average molecular weight is 250 g/mol. The van der Waals surface area contributed by atoms with Gasteiger partial charge in [0.25, 0.3) is 0 Å². The lowest BCUT2D eigenvalue weighted by atomic mass is 10.2. The van der Waals surface area contributed by atoms with Gasteiger partial charge in [0.05, 0.1) is 9.79 Å². The lowest BCUT2D eigenvalue weighted by Crippen LogP contribution is -2.31. The van der Waals surface area contributed by atoms with Gasteiger partial charge in [-0.2, -0.15) is 0 Å². The van der Waals surface area contributed by atoms with Crippen LogP contribution in [0.4, 0.5) is 0 Å². The zero-order valence-corrected chi connectivity index (χ0v) is 10.2. The van der Waals surface area contributed by atoms with Crippen LogP contribution in [-0.2, 0) is 9.63 Å². The second kappa shape index (κ2) is 3.77. The quantitative estimate of drug-likeness (QED) is 0.860. The van der Waals surface area contributed by atoms with Gasteiger partial charge < -0.3 is 9.11 Å². The van der Waals surface area contributed by atoms with Crippen molar-refractivity contribution in [1.29, 1.82) is 0 Å². The Hall–Kier alpha value is -1.49. The number of rotatable bonds is 2. The lowest BCUT2D eigenvalue weighted by Gasteiger charge is -2.31. The molecule has 0 bridgehead atoms. The summed E-state index contributed by atoms with van der Waals surface area (Å²) < 4.78 is 32.8. The highest BCUT2D eigenvalue weighted by Gasteiger charge is 2.34. The van der Waals surface area contributed by atoms with Gasteiger partial charge in [-0.3, -0.25) is 0 Å². The number of aryl methyl sites for hydroxylation is 1. The van der Waals surface area contributed by atoms with Crippen molar-refractivity contribution in [2.45, 2.75) is 16.7 Å². The van der Waals surface area contributed by atoms with Gasteiger partial charge >= 0.3 is 0 Å². The molecule has 0 aliphatic carbocycles.